The molecule has 0 aliphatic carbocycles. The van der Waals surface area contributed by atoms with Crippen LogP contribution in [0.5, 0.6) is 0 Å². The smallest absolute Gasteiger partial charge is 0.263 e. The molecule has 122 valence electrons. The SMILES string of the molecule is CON(C)C(=O)C(C)NS(=O)(=O)c1ccc(NC(C)=O)cc1. The average molecular weight is 329 g/mol. The predicted molar refractivity (Wildman–Crippen MR) is 80.3 cm³/mol. The number of hydroxylamine groups is 2. The maximum Gasteiger partial charge on any atom is 0.263 e. The van der Waals surface area contributed by atoms with E-state index in [0.717, 1.165) is 5.06 Å². The van der Waals surface area contributed by atoms with Gasteiger partial charge in [0, 0.05) is 19.7 Å². The van der Waals surface area contributed by atoms with Crippen LogP contribution in [0.1, 0.15) is 13.8 Å². The molecule has 1 atom stereocenters. The normalized spacial score (nSPS) is 12.5. The Morgan fingerprint density at radius 1 is 1.23 bits per heavy atom. The lowest BCUT2D eigenvalue weighted by molar-refractivity contribution is -0.170. The van der Waals surface area contributed by atoms with Crippen LogP contribution in [0.4, 0.5) is 5.69 Å². The van der Waals surface area contributed by atoms with Crippen LogP contribution < -0.4 is 10.0 Å². The fourth-order valence-corrected chi connectivity index (χ4v) is 2.83. The zero-order valence-electron chi connectivity index (χ0n) is 12.8. The molecule has 2 N–H and O–H groups in total. The van der Waals surface area contributed by atoms with Crippen molar-refractivity contribution >= 4 is 27.5 Å². The van der Waals surface area contributed by atoms with E-state index in [1.165, 1.54) is 52.3 Å². The quantitative estimate of drug-likeness (QED) is 0.732. The molecular weight excluding hydrogens is 310 g/mol. The number of hydrogen-bond donors (Lipinski definition) is 2. The Kier molecular flexibility index (Phi) is 6.03. The molecule has 1 rings (SSSR count). The minimum atomic E-state index is -3.86. The predicted octanol–water partition coefficient (Wildman–Crippen LogP) is 0.332. The van der Waals surface area contributed by atoms with Crippen LogP contribution in [0.15, 0.2) is 29.2 Å². The van der Waals surface area contributed by atoms with Crippen LogP contribution in [-0.2, 0) is 24.4 Å². The summed E-state index contributed by atoms with van der Waals surface area (Å²) >= 11 is 0. The topological polar surface area (TPSA) is 105 Å². The molecule has 0 bridgehead atoms. The maximum atomic E-state index is 12.2. The Labute approximate surface area is 129 Å². The summed E-state index contributed by atoms with van der Waals surface area (Å²) in [6.45, 7) is 2.77. The first-order valence-corrected chi connectivity index (χ1v) is 7.87. The first-order chi connectivity index (χ1) is 10.2. The van der Waals surface area contributed by atoms with Gasteiger partial charge in [-0.15, -0.1) is 0 Å². The Bertz CT molecular complexity index is 642. The van der Waals surface area contributed by atoms with E-state index in [1.807, 2.05) is 0 Å². The van der Waals surface area contributed by atoms with Gasteiger partial charge in [-0.1, -0.05) is 0 Å². The number of carbonyl (C=O) groups is 2. The van der Waals surface area contributed by atoms with Crippen molar-refractivity contribution in [2.45, 2.75) is 24.8 Å². The van der Waals surface area contributed by atoms with Gasteiger partial charge >= 0.3 is 0 Å². The van der Waals surface area contributed by atoms with Crippen LogP contribution in [0, 0.1) is 0 Å². The first kappa shape index (κ1) is 18.1. The lowest BCUT2D eigenvalue weighted by Crippen LogP contribution is -2.45. The van der Waals surface area contributed by atoms with Gasteiger partial charge in [-0.3, -0.25) is 14.4 Å². The van der Waals surface area contributed by atoms with E-state index >= 15 is 0 Å². The third-order valence-electron chi connectivity index (χ3n) is 2.77. The summed E-state index contributed by atoms with van der Waals surface area (Å²) in [5, 5.41) is 3.47. The van der Waals surface area contributed by atoms with Crippen LogP contribution >= 0.6 is 0 Å². The standard InChI is InChI=1S/C13H19N3O5S/c1-9(13(18)16(3)21-4)15-22(19,20)12-7-5-11(6-8-12)14-10(2)17/h5-9,15H,1-4H3,(H,14,17). The minimum Gasteiger partial charge on any atom is -0.326 e. The summed E-state index contributed by atoms with van der Waals surface area (Å²) in [6, 6.07) is 4.62. The highest BCUT2D eigenvalue weighted by molar-refractivity contribution is 7.89. The number of carbonyl (C=O) groups excluding carboxylic acids is 2. The van der Waals surface area contributed by atoms with Crippen LogP contribution in [0.2, 0.25) is 0 Å². The van der Waals surface area contributed by atoms with Crippen molar-refractivity contribution in [3.63, 3.8) is 0 Å². The average Bonchev–Trinajstić information content (AvgIpc) is 2.45. The van der Waals surface area contributed by atoms with Gasteiger partial charge in [0.05, 0.1) is 12.0 Å². The Morgan fingerprint density at radius 2 is 1.77 bits per heavy atom. The van der Waals surface area contributed by atoms with Crippen LogP contribution in [0.25, 0.3) is 0 Å². The third kappa shape index (κ3) is 4.79. The number of benzene rings is 1. The fraction of sp³-hybridized carbons (Fsp3) is 0.385. The highest BCUT2D eigenvalue weighted by Crippen LogP contribution is 2.14. The number of nitrogens with zero attached hydrogens (tertiary/aromatic N) is 1. The van der Waals surface area contributed by atoms with Crippen molar-refractivity contribution in [1.82, 2.24) is 9.79 Å². The molecule has 0 spiro atoms. The van der Waals surface area contributed by atoms with Gasteiger partial charge in [-0.25, -0.2) is 13.5 Å². The second-order valence-electron chi connectivity index (χ2n) is 4.57. The molecular formula is C13H19N3O5S. The summed E-state index contributed by atoms with van der Waals surface area (Å²) in [7, 11) is -1.17. The van der Waals surface area contributed by atoms with E-state index in [0.29, 0.717) is 5.69 Å². The molecule has 0 saturated carbocycles. The molecule has 0 heterocycles. The Morgan fingerprint density at radius 3 is 2.23 bits per heavy atom. The molecule has 0 aliphatic heterocycles. The lowest BCUT2D eigenvalue weighted by atomic mass is 10.3. The number of rotatable bonds is 6. The van der Waals surface area contributed by atoms with Gasteiger partial charge in [0.25, 0.3) is 5.91 Å². The van der Waals surface area contributed by atoms with Crippen molar-refractivity contribution in [1.29, 1.82) is 0 Å². The van der Waals surface area contributed by atoms with Gasteiger partial charge in [-0.2, -0.15) is 4.72 Å². The number of hydrogen-bond acceptors (Lipinski definition) is 5. The van der Waals surface area contributed by atoms with Gasteiger partial charge in [-0.05, 0) is 31.2 Å². The van der Waals surface area contributed by atoms with Crippen molar-refractivity contribution in [3.05, 3.63) is 24.3 Å². The largest absolute Gasteiger partial charge is 0.326 e. The first-order valence-electron chi connectivity index (χ1n) is 6.39. The maximum absolute atomic E-state index is 12.2. The number of amides is 2. The second kappa shape index (κ2) is 7.34. The van der Waals surface area contributed by atoms with Gasteiger partial charge in [0.15, 0.2) is 0 Å². The zero-order valence-corrected chi connectivity index (χ0v) is 13.6. The van der Waals surface area contributed by atoms with E-state index in [-0.39, 0.29) is 10.8 Å². The van der Waals surface area contributed by atoms with Gasteiger partial charge < -0.3 is 5.32 Å². The van der Waals surface area contributed by atoms with Crippen molar-refractivity contribution in [3.8, 4) is 0 Å². The molecule has 1 aromatic carbocycles. The Balaban J connectivity index is 2.86. The monoisotopic (exact) mass is 329 g/mol. The summed E-state index contributed by atoms with van der Waals surface area (Å²) in [5.41, 5.74) is 0.481. The van der Waals surface area contributed by atoms with Crippen molar-refractivity contribution in [2.24, 2.45) is 0 Å². The molecule has 22 heavy (non-hydrogen) atoms. The van der Waals surface area contributed by atoms with E-state index in [1.54, 1.807) is 0 Å². The molecule has 0 aromatic heterocycles. The van der Waals surface area contributed by atoms with Crippen LogP contribution in [0.3, 0.4) is 0 Å². The zero-order chi connectivity index (χ0) is 16.9. The molecule has 8 nitrogen and oxygen atoms in total. The summed E-state index contributed by atoms with van der Waals surface area (Å²) in [4.78, 5) is 27.4. The molecule has 2 amide bonds. The number of sulfonamides is 1. The summed E-state index contributed by atoms with van der Waals surface area (Å²) < 4.78 is 26.6. The molecule has 9 heteroatoms. The highest BCUT2D eigenvalue weighted by atomic mass is 32.2. The lowest BCUT2D eigenvalue weighted by Gasteiger charge is -2.19. The third-order valence-corrected chi connectivity index (χ3v) is 4.33. The molecule has 0 aliphatic rings. The van der Waals surface area contributed by atoms with E-state index < -0.39 is 22.0 Å². The van der Waals surface area contributed by atoms with Crippen molar-refractivity contribution < 1.29 is 22.8 Å². The van der Waals surface area contributed by atoms with E-state index in [2.05, 4.69) is 10.0 Å². The highest BCUT2D eigenvalue weighted by Gasteiger charge is 2.24. The Hall–Kier alpha value is -1.97. The van der Waals surface area contributed by atoms with Gasteiger partial charge in [0.2, 0.25) is 15.9 Å². The number of nitrogens with one attached hydrogen (secondary N) is 2. The summed E-state index contributed by atoms with van der Waals surface area (Å²) in [6.07, 6.45) is 0. The number of likely N-dealkylation sites (N-methyl/N-ethyl adjacent to an activating group) is 1. The minimum absolute atomic E-state index is 0.0127. The van der Waals surface area contributed by atoms with E-state index in [9.17, 15) is 18.0 Å². The fourth-order valence-electron chi connectivity index (χ4n) is 1.63. The second-order valence-corrected chi connectivity index (χ2v) is 6.28. The molecule has 1 aromatic rings. The van der Waals surface area contributed by atoms with Gasteiger partial charge in [0.1, 0.15) is 6.04 Å². The van der Waals surface area contributed by atoms with Crippen LogP contribution in [-0.4, -0.2) is 45.5 Å². The molecule has 0 fully saturated rings. The van der Waals surface area contributed by atoms with Crippen molar-refractivity contribution in [2.75, 3.05) is 19.5 Å². The van der Waals surface area contributed by atoms with E-state index in [4.69, 9.17) is 4.84 Å². The number of anilines is 1. The summed E-state index contributed by atoms with van der Waals surface area (Å²) in [5.74, 6) is -0.781. The molecule has 0 saturated heterocycles. The molecule has 1 unspecified atom stereocenters. The molecule has 0 radical (unpaired) electrons.